The first-order valence-corrected chi connectivity index (χ1v) is 7.56. The predicted molar refractivity (Wildman–Crippen MR) is 79.3 cm³/mol. The summed E-state index contributed by atoms with van der Waals surface area (Å²) in [5, 5.41) is 0. The topological polar surface area (TPSA) is 46.3 Å². The molecule has 0 aromatic carbocycles. The molecular formula is C15H20N2OS. The van der Waals surface area contributed by atoms with E-state index in [-0.39, 0.29) is 5.91 Å². The molecule has 1 aliphatic heterocycles. The molecular weight excluding hydrogens is 256 g/mol. The van der Waals surface area contributed by atoms with Crippen LogP contribution < -0.4 is 5.73 Å². The van der Waals surface area contributed by atoms with Crippen LogP contribution in [0.15, 0.2) is 6.07 Å². The Balaban J connectivity index is 2.12. The zero-order valence-corrected chi connectivity index (χ0v) is 12.3. The molecule has 19 heavy (non-hydrogen) atoms. The van der Waals surface area contributed by atoms with Crippen LogP contribution in [0.1, 0.15) is 39.9 Å². The molecule has 0 bridgehead atoms. The molecule has 3 nitrogen and oxygen atoms in total. The zero-order chi connectivity index (χ0) is 13.8. The Labute approximate surface area is 118 Å². The minimum atomic E-state index is 0.157. The van der Waals surface area contributed by atoms with Gasteiger partial charge in [-0.05, 0) is 30.9 Å². The lowest BCUT2D eigenvalue weighted by Gasteiger charge is -2.14. The van der Waals surface area contributed by atoms with Crippen molar-refractivity contribution >= 4 is 17.2 Å². The molecule has 0 spiro atoms. The van der Waals surface area contributed by atoms with Crippen molar-refractivity contribution in [1.29, 1.82) is 0 Å². The van der Waals surface area contributed by atoms with Crippen molar-refractivity contribution in [2.45, 2.75) is 26.7 Å². The maximum Gasteiger partial charge on any atom is 0.263 e. The van der Waals surface area contributed by atoms with Crippen LogP contribution in [0.5, 0.6) is 0 Å². The Bertz CT molecular complexity index is 524. The molecule has 2 N–H and O–H groups in total. The maximum absolute atomic E-state index is 12.4. The molecule has 1 aliphatic rings. The van der Waals surface area contributed by atoms with Gasteiger partial charge >= 0.3 is 0 Å². The third-order valence-corrected chi connectivity index (χ3v) is 4.72. The van der Waals surface area contributed by atoms with Crippen molar-refractivity contribution in [2.24, 2.45) is 11.7 Å². The lowest BCUT2D eigenvalue weighted by molar-refractivity contribution is 0.0791. The second-order valence-corrected chi connectivity index (χ2v) is 6.00. The zero-order valence-electron chi connectivity index (χ0n) is 11.5. The first-order chi connectivity index (χ1) is 9.15. The van der Waals surface area contributed by atoms with Gasteiger partial charge in [0.1, 0.15) is 0 Å². The SMILES string of the molecule is CCC1CCN(C(=O)c2cc(C)c(C#CCN)s2)C1. The van der Waals surface area contributed by atoms with Crippen LogP contribution in [0.25, 0.3) is 0 Å². The highest BCUT2D eigenvalue weighted by Gasteiger charge is 2.26. The van der Waals surface area contributed by atoms with Crippen molar-refractivity contribution in [3.63, 3.8) is 0 Å². The van der Waals surface area contributed by atoms with Crippen molar-refractivity contribution < 1.29 is 4.79 Å². The standard InChI is InChI=1S/C15H20N2OS/c1-3-12-6-8-17(10-12)15(18)14-9-11(2)13(19-14)5-4-7-16/h9,12H,3,6-8,10,16H2,1-2H3. The van der Waals surface area contributed by atoms with Gasteiger partial charge in [0.25, 0.3) is 5.91 Å². The molecule has 4 heteroatoms. The second-order valence-electron chi connectivity index (χ2n) is 4.94. The average molecular weight is 276 g/mol. The number of rotatable bonds is 2. The Morgan fingerprint density at radius 1 is 1.63 bits per heavy atom. The molecule has 1 unspecified atom stereocenters. The average Bonchev–Trinajstić information content (AvgIpc) is 3.02. The highest BCUT2D eigenvalue weighted by Crippen LogP contribution is 2.26. The Morgan fingerprint density at radius 2 is 2.42 bits per heavy atom. The lowest BCUT2D eigenvalue weighted by Crippen LogP contribution is -2.27. The van der Waals surface area contributed by atoms with Gasteiger partial charge < -0.3 is 10.6 Å². The van der Waals surface area contributed by atoms with Gasteiger partial charge in [0.2, 0.25) is 0 Å². The second kappa shape index (κ2) is 6.23. The number of nitrogens with zero attached hydrogens (tertiary/aromatic N) is 1. The molecule has 1 saturated heterocycles. The van der Waals surface area contributed by atoms with Gasteiger partial charge in [-0.25, -0.2) is 0 Å². The quantitative estimate of drug-likeness (QED) is 0.842. The number of hydrogen-bond donors (Lipinski definition) is 1. The maximum atomic E-state index is 12.4. The summed E-state index contributed by atoms with van der Waals surface area (Å²) >= 11 is 1.48. The minimum absolute atomic E-state index is 0.157. The molecule has 0 aliphatic carbocycles. The van der Waals surface area contributed by atoms with Crippen LogP contribution in [0.3, 0.4) is 0 Å². The van der Waals surface area contributed by atoms with Crippen molar-refractivity contribution in [2.75, 3.05) is 19.6 Å². The van der Waals surface area contributed by atoms with E-state index in [0.717, 1.165) is 41.2 Å². The summed E-state index contributed by atoms with van der Waals surface area (Å²) in [5.74, 6) is 6.70. The smallest absolute Gasteiger partial charge is 0.263 e. The molecule has 1 aromatic rings. The summed E-state index contributed by atoms with van der Waals surface area (Å²) in [4.78, 5) is 16.1. The van der Waals surface area contributed by atoms with Gasteiger partial charge in [0.15, 0.2) is 0 Å². The minimum Gasteiger partial charge on any atom is -0.338 e. The van der Waals surface area contributed by atoms with Crippen LogP contribution in [0, 0.1) is 24.7 Å². The van der Waals surface area contributed by atoms with E-state index >= 15 is 0 Å². The molecule has 2 heterocycles. The van der Waals surface area contributed by atoms with Gasteiger partial charge in [0, 0.05) is 13.1 Å². The number of hydrogen-bond acceptors (Lipinski definition) is 3. The fourth-order valence-corrected chi connectivity index (χ4v) is 3.36. The van der Waals surface area contributed by atoms with E-state index in [1.54, 1.807) is 0 Å². The fraction of sp³-hybridized carbons (Fsp3) is 0.533. The van der Waals surface area contributed by atoms with E-state index in [1.807, 2.05) is 17.9 Å². The first kappa shape index (κ1) is 14.1. The van der Waals surface area contributed by atoms with E-state index in [0.29, 0.717) is 12.5 Å². The first-order valence-electron chi connectivity index (χ1n) is 6.74. The van der Waals surface area contributed by atoms with Crippen LogP contribution >= 0.6 is 11.3 Å². The van der Waals surface area contributed by atoms with E-state index in [2.05, 4.69) is 18.8 Å². The monoisotopic (exact) mass is 276 g/mol. The van der Waals surface area contributed by atoms with Crippen LogP contribution in [-0.4, -0.2) is 30.4 Å². The molecule has 1 amide bonds. The Kier molecular flexibility index (Phi) is 4.62. The highest BCUT2D eigenvalue weighted by atomic mass is 32.1. The molecule has 0 radical (unpaired) electrons. The number of carbonyl (C=O) groups excluding carboxylic acids is 1. The van der Waals surface area contributed by atoms with Gasteiger partial charge in [-0.1, -0.05) is 25.2 Å². The van der Waals surface area contributed by atoms with Gasteiger partial charge in [-0.3, -0.25) is 4.79 Å². The highest BCUT2D eigenvalue weighted by molar-refractivity contribution is 7.14. The molecule has 1 atom stereocenters. The van der Waals surface area contributed by atoms with Crippen LogP contribution in [-0.2, 0) is 0 Å². The summed E-state index contributed by atoms with van der Waals surface area (Å²) in [7, 11) is 0. The number of carbonyl (C=O) groups is 1. The summed E-state index contributed by atoms with van der Waals surface area (Å²) in [6, 6.07) is 1.95. The van der Waals surface area contributed by atoms with Gasteiger partial charge in [0.05, 0.1) is 16.3 Å². The number of amides is 1. The summed E-state index contributed by atoms with van der Waals surface area (Å²) in [6.07, 6.45) is 2.28. The Hall–Kier alpha value is -1.31. The molecule has 1 aromatic heterocycles. The summed E-state index contributed by atoms with van der Waals surface area (Å²) in [5.41, 5.74) is 6.45. The number of likely N-dealkylation sites (tertiary alicyclic amines) is 1. The normalized spacial score (nSPS) is 18.3. The third kappa shape index (κ3) is 3.17. The molecule has 2 rings (SSSR count). The molecule has 0 saturated carbocycles. The van der Waals surface area contributed by atoms with Crippen molar-refractivity contribution in [3.8, 4) is 11.8 Å². The van der Waals surface area contributed by atoms with Crippen molar-refractivity contribution in [1.82, 2.24) is 4.90 Å². The fourth-order valence-electron chi connectivity index (χ4n) is 2.35. The summed E-state index contributed by atoms with van der Waals surface area (Å²) in [6.45, 7) is 6.32. The van der Waals surface area contributed by atoms with E-state index < -0.39 is 0 Å². The number of nitrogens with two attached hydrogens (primary N) is 1. The van der Waals surface area contributed by atoms with E-state index in [9.17, 15) is 4.79 Å². The van der Waals surface area contributed by atoms with Crippen molar-refractivity contribution in [3.05, 3.63) is 21.4 Å². The van der Waals surface area contributed by atoms with Crippen LogP contribution in [0.2, 0.25) is 0 Å². The van der Waals surface area contributed by atoms with Gasteiger partial charge in [-0.2, -0.15) is 0 Å². The number of thiophene rings is 1. The van der Waals surface area contributed by atoms with Crippen LogP contribution in [0.4, 0.5) is 0 Å². The van der Waals surface area contributed by atoms with E-state index in [1.165, 1.54) is 11.3 Å². The van der Waals surface area contributed by atoms with Gasteiger partial charge in [-0.15, -0.1) is 11.3 Å². The largest absolute Gasteiger partial charge is 0.338 e. The van der Waals surface area contributed by atoms with E-state index in [4.69, 9.17) is 5.73 Å². The summed E-state index contributed by atoms with van der Waals surface area (Å²) < 4.78 is 0. The number of aryl methyl sites for hydroxylation is 1. The molecule has 1 fully saturated rings. The predicted octanol–water partition coefficient (Wildman–Crippen LogP) is 2.24. The third-order valence-electron chi connectivity index (χ3n) is 3.58. The molecule has 102 valence electrons. The lowest BCUT2D eigenvalue weighted by atomic mass is 10.1. The Morgan fingerprint density at radius 3 is 3.05 bits per heavy atom.